The number of amides is 1. The Labute approximate surface area is 222 Å². The van der Waals surface area contributed by atoms with Crippen molar-refractivity contribution in [3.05, 3.63) is 43.0 Å². The number of rotatable bonds is 9. The highest BCUT2D eigenvalue weighted by Gasteiger charge is 2.16. The van der Waals surface area contributed by atoms with Crippen LogP contribution in [-0.4, -0.2) is 52.0 Å². The summed E-state index contributed by atoms with van der Waals surface area (Å²) in [6.07, 6.45) is 1.42. The lowest BCUT2D eigenvalue weighted by atomic mass is 10.2. The second kappa shape index (κ2) is 11.9. The first kappa shape index (κ1) is 25.6. The number of carbonyl (C=O) groups excluding carboxylic acids is 1. The van der Waals surface area contributed by atoms with Gasteiger partial charge in [-0.2, -0.15) is 5.10 Å². The molecule has 0 aliphatic rings. The summed E-state index contributed by atoms with van der Waals surface area (Å²) in [6, 6.07) is 9.17. The minimum absolute atomic E-state index is 0.108. The molecular weight excluding hydrogens is 672 g/mol. The van der Waals surface area contributed by atoms with Crippen LogP contribution in [0.1, 0.15) is 12.5 Å². The molecule has 2 N–H and O–H groups in total. The van der Waals surface area contributed by atoms with Gasteiger partial charge in [0.25, 0.3) is 5.91 Å². The molecule has 3 rings (SSSR count). The first-order valence-corrected chi connectivity index (χ1v) is 12.8. The number of hydrazone groups is 1. The fraction of sp³-hybridized carbons (Fsp3) is 0.238. The zero-order chi connectivity index (χ0) is 24.0. The monoisotopic (exact) mass is 693 g/mol. The lowest BCUT2D eigenvalue weighted by molar-refractivity contribution is -0.118. The Hall–Kier alpha value is -2.07. The van der Waals surface area contributed by atoms with E-state index in [2.05, 4.69) is 43.3 Å². The number of halogens is 2. The van der Waals surface area contributed by atoms with Crippen molar-refractivity contribution in [2.75, 3.05) is 20.0 Å². The number of aromatic hydroxyl groups is 1. The predicted octanol–water partition coefficient (Wildman–Crippen LogP) is 4.14. The summed E-state index contributed by atoms with van der Waals surface area (Å²) in [6.45, 7) is 2.61. The van der Waals surface area contributed by atoms with Crippen molar-refractivity contribution < 1.29 is 19.4 Å². The summed E-state index contributed by atoms with van der Waals surface area (Å²) < 4.78 is 14.3. The van der Waals surface area contributed by atoms with E-state index in [1.54, 1.807) is 20.3 Å². The molecule has 1 aromatic heterocycles. The van der Waals surface area contributed by atoms with E-state index in [1.807, 2.05) is 58.3 Å². The van der Waals surface area contributed by atoms with E-state index in [1.165, 1.54) is 18.0 Å². The third kappa shape index (κ3) is 6.29. The van der Waals surface area contributed by atoms with Gasteiger partial charge in [-0.25, -0.2) is 5.43 Å². The number of aromatic nitrogens is 3. The molecule has 174 valence electrons. The summed E-state index contributed by atoms with van der Waals surface area (Å²) >= 11 is 5.46. The molecule has 1 heterocycles. The number of phenolic OH excluding ortho intramolecular Hbond substituents is 1. The fourth-order valence-electron chi connectivity index (χ4n) is 2.89. The van der Waals surface area contributed by atoms with Crippen LogP contribution in [0.15, 0.2) is 40.6 Å². The molecule has 3 aromatic rings. The number of benzene rings is 2. The Morgan fingerprint density at radius 1 is 1.21 bits per heavy atom. The number of nitrogens with one attached hydrogen (secondary N) is 1. The second-order valence-corrected chi connectivity index (χ2v) is 9.88. The number of methoxy groups -OCH3 is 2. The van der Waals surface area contributed by atoms with Gasteiger partial charge >= 0.3 is 0 Å². The number of nitrogens with zero attached hydrogens (tertiary/aromatic N) is 4. The molecule has 1 amide bonds. The standard InChI is InChI=1S/C21H21I2N5O4S/c1-4-28-20(12-5-6-16(31-2)17(8-12)32-3)26-27-21(28)33-11-18(29)25-24-10-13-7-14(22)9-15(23)19(13)30/h5-10,30H,4,11H2,1-3H3,(H,25,29)/b24-10+. The van der Waals surface area contributed by atoms with Gasteiger partial charge in [-0.15, -0.1) is 10.2 Å². The average molecular weight is 693 g/mol. The van der Waals surface area contributed by atoms with Crippen LogP contribution in [0.3, 0.4) is 0 Å². The molecule has 0 radical (unpaired) electrons. The molecule has 12 heteroatoms. The first-order chi connectivity index (χ1) is 15.9. The van der Waals surface area contributed by atoms with E-state index in [0.717, 1.165) is 9.13 Å². The molecule has 0 aliphatic carbocycles. The normalized spacial score (nSPS) is 11.1. The number of hydrogen-bond donors (Lipinski definition) is 2. The van der Waals surface area contributed by atoms with Crippen molar-refractivity contribution in [1.29, 1.82) is 0 Å². The van der Waals surface area contributed by atoms with E-state index in [-0.39, 0.29) is 17.4 Å². The Morgan fingerprint density at radius 2 is 1.97 bits per heavy atom. The van der Waals surface area contributed by atoms with Crippen LogP contribution >= 0.6 is 56.9 Å². The third-order valence-corrected chi connectivity index (χ3v) is 6.87. The Bertz CT molecular complexity index is 1190. The molecule has 0 saturated carbocycles. The average Bonchev–Trinajstić information content (AvgIpc) is 3.23. The van der Waals surface area contributed by atoms with E-state index in [0.29, 0.717) is 38.2 Å². The lowest BCUT2D eigenvalue weighted by Gasteiger charge is -2.10. The van der Waals surface area contributed by atoms with Crippen LogP contribution in [0.4, 0.5) is 0 Å². The minimum Gasteiger partial charge on any atom is -0.506 e. The van der Waals surface area contributed by atoms with Crippen molar-refractivity contribution in [3.63, 3.8) is 0 Å². The highest BCUT2D eigenvalue weighted by Crippen LogP contribution is 2.33. The quantitative estimate of drug-likeness (QED) is 0.150. The van der Waals surface area contributed by atoms with Gasteiger partial charge in [0.05, 0.1) is 29.8 Å². The molecule has 0 bridgehead atoms. The van der Waals surface area contributed by atoms with E-state index < -0.39 is 0 Å². The van der Waals surface area contributed by atoms with Crippen molar-refractivity contribution in [3.8, 4) is 28.6 Å². The topological polar surface area (TPSA) is 111 Å². The van der Waals surface area contributed by atoms with Gasteiger partial charge < -0.3 is 19.1 Å². The minimum atomic E-state index is -0.297. The largest absolute Gasteiger partial charge is 0.506 e. The van der Waals surface area contributed by atoms with Gasteiger partial charge in [-0.05, 0) is 82.4 Å². The molecule has 0 aliphatic heterocycles. The molecule has 33 heavy (non-hydrogen) atoms. The van der Waals surface area contributed by atoms with Gasteiger partial charge in [0.1, 0.15) is 5.75 Å². The summed E-state index contributed by atoms with van der Waals surface area (Å²) in [7, 11) is 3.16. The Morgan fingerprint density at radius 3 is 2.67 bits per heavy atom. The van der Waals surface area contributed by atoms with Crippen LogP contribution in [0.2, 0.25) is 0 Å². The van der Waals surface area contributed by atoms with Crippen LogP contribution in [0, 0.1) is 7.14 Å². The van der Waals surface area contributed by atoms with E-state index in [4.69, 9.17) is 9.47 Å². The van der Waals surface area contributed by atoms with Crippen molar-refractivity contribution in [1.82, 2.24) is 20.2 Å². The maximum Gasteiger partial charge on any atom is 0.250 e. The summed E-state index contributed by atoms with van der Waals surface area (Å²) in [4.78, 5) is 12.3. The molecule has 0 saturated heterocycles. The molecule has 0 atom stereocenters. The Balaban J connectivity index is 1.66. The second-order valence-electron chi connectivity index (χ2n) is 6.53. The molecular formula is C21H21I2N5O4S. The van der Waals surface area contributed by atoms with Crippen LogP contribution in [0.25, 0.3) is 11.4 Å². The van der Waals surface area contributed by atoms with Gasteiger partial charge in [-0.1, -0.05) is 11.8 Å². The van der Waals surface area contributed by atoms with Crippen molar-refractivity contribution in [2.45, 2.75) is 18.6 Å². The van der Waals surface area contributed by atoms with Gasteiger partial charge in [0.15, 0.2) is 22.5 Å². The van der Waals surface area contributed by atoms with Crippen molar-refractivity contribution >= 4 is 69.1 Å². The molecule has 0 fully saturated rings. The van der Waals surface area contributed by atoms with E-state index in [9.17, 15) is 9.90 Å². The fourth-order valence-corrected chi connectivity index (χ4v) is 5.57. The molecule has 0 unspecified atom stereocenters. The van der Waals surface area contributed by atoms with Gasteiger partial charge in [0, 0.05) is 21.2 Å². The van der Waals surface area contributed by atoms with Crippen molar-refractivity contribution in [2.24, 2.45) is 5.10 Å². The summed E-state index contributed by atoms with van der Waals surface area (Å²) in [5.74, 6) is 1.83. The maximum atomic E-state index is 12.3. The number of ether oxygens (including phenoxy) is 2. The highest BCUT2D eigenvalue weighted by molar-refractivity contribution is 14.1. The highest BCUT2D eigenvalue weighted by atomic mass is 127. The molecule has 0 spiro atoms. The van der Waals surface area contributed by atoms with Crippen LogP contribution in [0.5, 0.6) is 17.2 Å². The lowest BCUT2D eigenvalue weighted by Crippen LogP contribution is -2.20. The van der Waals surface area contributed by atoms with Gasteiger partial charge in [-0.3, -0.25) is 4.79 Å². The number of phenols is 1. The van der Waals surface area contributed by atoms with Gasteiger partial charge in [0.2, 0.25) is 0 Å². The summed E-state index contributed by atoms with van der Waals surface area (Å²) in [5.41, 5.74) is 3.84. The molecule has 2 aromatic carbocycles. The van der Waals surface area contributed by atoms with Crippen LogP contribution in [-0.2, 0) is 11.3 Å². The van der Waals surface area contributed by atoms with Crippen LogP contribution < -0.4 is 14.9 Å². The number of carbonyl (C=O) groups is 1. The zero-order valence-electron chi connectivity index (χ0n) is 18.0. The SMILES string of the molecule is CCn1c(SCC(=O)N/N=C/c2cc(I)cc(I)c2O)nnc1-c1ccc(OC)c(OC)c1. The number of hydrogen-bond acceptors (Lipinski definition) is 8. The smallest absolute Gasteiger partial charge is 0.250 e. The summed E-state index contributed by atoms with van der Waals surface area (Å²) in [5, 5.41) is 23.2. The predicted molar refractivity (Wildman–Crippen MR) is 144 cm³/mol. The molecule has 9 nitrogen and oxygen atoms in total. The third-order valence-electron chi connectivity index (χ3n) is 4.46. The first-order valence-electron chi connectivity index (χ1n) is 9.66. The Kier molecular flexibility index (Phi) is 9.19. The van der Waals surface area contributed by atoms with E-state index >= 15 is 0 Å². The zero-order valence-corrected chi connectivity index (χ0v) is 23.1. The maximum absolute atomic E-state index is 12.3. The number of thioether (sulfide) groups is 1.